The highest BCUT2D eigenvalue weighted by molar-refractivity contribution is 6.07. The molecule has 4 N–H and O–H groups in total. The number of aromatic hydroxyl groups is 1. The lowest BCUT2D eigenvalue weighted by Gasteiger charge is -2.47. The van der Waals surface area contributed by atoms with Gasteiger partial charge in [-0.2, -0.15) is 0 Å². The first-order valence-corrected chi connectivity index (χ1v) is 13.1. The van der Waals surface area contributed by atoms with Gasteiger partial charge in [-0.1, -0.05) is 36.4 Å². The maximum Gasteiger partial charge on any atom is 0.322 e. The van der Waals surface area contributed by atoms with Gasteiger partial charge < -0.3 is 15.5 Å². The Labute approximate surface area is 213 Å². The number of nitrogens with one attached hydrogen (secondary N) is 2. The van der Waals surface area contributed by atoms with Crippen molar-refractivity contribution in [3.63, 3.8) is 0 Å². The number of benzene rings is 2. The molecule has 36 heavy (non-hydrogen) atoms. The SMILES string of the molecule is Cc1ccc(O)cc1CCCN(CCCc1ccccc1)C(C)C1(O)CCC2(CC1)NC(=O)NC2=O. The number of phenols is 1. The van der Waals surface area contributed by atoms with Gasteiger partial charge in [-0.3, -0.25) is 15.0 Å². The summed E-state index contributed by atoms with van der Waals surface area (Å²) in [4.78, 5) is 26.5. The Balaban J connectivity index is 1.41. The maximum absolute atomic E-state index is 12.4. The zero-order valence-corrected chi connectivity index (χ0v) is 21.4. The minimum Gasteiger partial charge on any atom is -0.508 e. The van der Waals surface area contributed by atoms with Crippen molar-refractivity contribution in [2.45, 2.75) is 82.4 Å². The van der Waals surface area contributed by atoms with Gasteiger partial charge in [0.25, 0.3) is 5.91 Å². The summed E-state index contributed by atoms with van der Waals surface area (Å²) in [5.74, 6) is 0.0144. The molecule has 2 aromatic rings. The topological polar surface area (TPSA) is 102 Å². The molecule has 0 aromatic heterocycles. The van der Waals surface area contributed by atoms with E-state index in [1.807, 2.05) is 18.2 Å². The number of aryl methyl sites for hydroxylation is 3. The molecular weight excluding hydrogens is 454 g/mol. The Morgan fingerprint density at radius 3 is 2.28 bits per heavy atom. The normalized spacial score (nSPS) is 24.7. The van der Waals surface area contributed by atoms with Gasteiger partial charge in [0, 0.05) is 6.04 Å². The molecule has 1 saturated carbocycles. The average molecular weight is 494 g/mol. The van der Waals surface area contributed by atoms with Crippen molar-refractivity contribution in [1.29, 1.82) is 0 Å². The maximum atomic E-state index is 12.4. The number of carbonyl (C=O) groups excluding carboxylic acids is 2. The molecular formula is C29H39N3O4. The number of nitrogens with zero attached hydrogens (tertiary/aromatic N) is 1. The summed E-state index contributed by atoms with van der Waals surface area (Å²) in [6.07, 6.45) is 5.53. The predicted octanol–water partition coefficient (Wildman–Crippen LogP) is 3.84. The third-order valence-corrected chi connectivity index (χ3v) is 8.29. The van der Waals surface area contributed by atoms with Gasteiger partial charge in [0.1, 0.15) is 11.3 Å². The lowest BCUT2D eigenvalue weighted by molar-refractivity contribution is -0.130. The number of carbonyl (C=O) groups is 2. The minimum atomic E-state index is -0.924. The summed E-state index contributed by atoms with van der Waals surface area (Å²) in [6, 6.07) is 15.4. The Morgan fingerprint density at radius 1 is 0.972 bits per heavy atom. The first-order valence-electron chi connectivity index (χ1n) is 13.1. The molecule has 2 aromatic carbocycles. The lowest BCUT2D eigenvalue weighted by Crippen LogP contribution is -2.59. The summed E-state index contributed by atoms with van der Waals surface area (Å²) in [6.45, 7) is 5.84. The predicted molar refractivity (Wildman–Crippen MR) is 140 cm³/mol. The number of aliphatic hydroxyl groups is 1. The highest BCUT2D eigenvalue weighted by Gasteiger charge is 2.53. The van der Waals surface area contributed by atoms with Crippen molar-refractivity contribution in [2.75, 3.05) is 13.1 Å². The first-order chi connectivity index (χ1) is 17.2. The molecule has 1 heterocycles. The molecule has 1 unspecified atom stereocenters. The van der Waals surface area contributed by atoms with Gasteiger partial charge in [-0.05, 0) is 107 Å². The van der Waals surface area contributed by atoms with Gasteiger partial charge in [-0.15, -0.1) is 0 Å². The van der Waals surface area contributed by atoms with Gasteiger partial charge >= 0.3 is 6.03 Å². The first kappa shape index (κ1) is 26.2. The van der Waals surface area contributed by atoms with Crippen molar-refractivity contribution in [1.82, 2.24) is 15.5 Å². The van der Waals surface area contributed by atoms with Crippen molar-refractivity contribution >= 4 is 11.9 Å². The lowest BCUT2D eigenvalue weighted by atomic mass is 9.71. The van der Waals surface area contributed by atoms with Crippen LogP contribution in [-0.2, 0) is 17.6 Å². The third kappa shape index (κ3) is 5.90. The van der Waals surface area contributed by atoms with Crippen LogP contribution in [0.4, 0.5) is 4.79 Å². The molecule has 7 heteroatoms. The van der Waals surface area contributed by atoms with E-state index in [-0.39, 0.29) is 17.7 Å². The monoisotopic (exact) mass is 493 g/mol. The van der Waals surface area contributed by atoms with Crippen molar-refractivity contribution in [2.24, 2.45) is 0 Å². The fourth-order valence-electron chi connectivity index (χ4n) is 5.78. The smallest absolute Gasteiger partial charge is 0.322 e. The van der Waals surface area contributed by atoms with E-state index >= 15 is 0 Å². The quantitative estimate of drug-likeness (QED) is 0.377. The number of hydrogen-bond acceptors (Lipinski definition) is 5. The molecule has 2 fully saturated rings. The molecule has 7 nitrogen and oxygen atoms in total. The summed E-state index contributed by atoms with van der Waals surface area (Å²) >= 11 is 0. The zero-order valence-electron chi connectivity index (χ0n) is 21.4. The van der Waals surface area contributed by atoms with Crippen LogP contribution in [0.3, 0.4) is 0 Å². The van der Waals surface area contributed by atoms with Crippen molar-refractivity contribution < 1.29 is 19.8 Å². The van der Waals surface area contributed by atoms with Crippen LogP contribution in [0.5, 0.6) is 5.75 Å². The van der Waals surface area contributed by atoms with Crippen LogP contribution in [0, 0.1) is 6.92 Å². The van der Waals surface area contributed by atoms with Crippen molar-refractivity contribution in [3.8, 4) is 5.75 Å². The fourth-order valence-corrected chi connectivity index (χ4v) is 5.78. The Kier molecular flexibility index (Phi) is 8.00. The molecule has 1 spiro atoms. The van der Waals surface area contributed by atoms with E-state index in [4.69, 9.17) is 0 Å². The van der Waals surface area contributed by atoms with Gasteiger partial charge in [0.15, 0.2) is 0 Å². The molecule has 1 saturated heterocycles. The van der Waals surface area contributed by atoms with Crippen LogP contribution in [-0.4, -0.2) is 57.3 Å². The van der Waals surface area contributed by atoms with E-state index in [9.17, 15) is 19.8 Å². The standard InChI is InChI=1S/C29H39N3O4/c1-21-12-13-25(33)20-24(21)11-7-19-32(18-6-10-23-8-4-3-5-9-23)22(2)29(36)16-14-28(15-17-29)26(34)30-27(35)31-28/h3-5,8-9,12-13,20,22,33,36H,6-7,10-11,14-19H2,1-2H3,(H2,30,31,34,35). The highest BCUT2D eigenvalue weighted by Crippen LogP contribution is 2.40. The second kappa shape index (κ2) is 11.0. The van der Waals surface area contributed by atoms with Gasteiger partial charge in [-0.25, -0.2) is 4.79 Å². The Hall–Kier alpha value is -2.90. The molecule has 1 atom stereocenters. The molecule has 0 bridgehead atoms. The summed E-state index contributed by atoms with van der Waals surface area (Å²) in [5, 5.41) is 26.7. The molecule has 1 aliphatic heterocycles. The minimum absolute atomic E-state index is 0.0870. The Morgan fingerprint density at radius 2 is 1.64 bits per heavy atom. The van der Waals surface area contributed by atoms with Crippen LogP contribution >= 0.6 is 0 Å². The number of rotatable bonds is 10. The number of hydrogen-bond donors (Lipinski definition) is 4. The fraction of sp³-hybridized carbons (Fsp3) is 0.517. The third-order valence-electron chi connectivity index (χ3n) is 8.29. The molecule has 2 aliphatic rings. The largest absolute Gasteiger partial charge is 0.508 e. The number of amides is 3. The second-order valence-corrected chi connectivity index (χ2v) is 10.6. The number of imide groups is 1. The van der Waals surface area contributed by atoms with E-state index in [2.05, 4.69) is 53.6 Å². The molecule has 1 aliphatic carbocycles. The van der Waals surface area contributed by atoms with Crippen LogP contribution in [0.15, 0.2) is 48.5 Å². The van der Waals surface area contributed by atoms with E-state index < -0.39 is 17.2 Å². The Bertz CT molecular complexity index is 1060. The molecule has 4 rings (SSSR count). The van der Waals surface area contributed by atoms with Crippen LogP contribution in [0.2, 0.25) is 0 Å². The number of phenolic OH excluding ortho intramolecular Hbond substituents is 1. The highest BCUT2D eigenvalue weighted by atomic mass is 16.3. The van der Waals surface area contributed by atoms with E-state index in [0.29, 0.717) is 25.7 Å². The molecule has 0 radical (unpaired) electrons. The van der Waals surface area contributed by atoms with Gasteiger partial charge in [0.2, 0.25) is 0 Å². The van der Waals surface area contributed by atoms with Crippen LogP contribution in [0.25, 0.3) is 0 Å². The summed E-state index contributed by atoms with van der Waals surface area (Å²) in [5.41, 5.74) is 1.82. The second-order valence-electron chi connectivity index (χ2n) is 10.6. The number of urea groups is 1. The molecule has 194 valence electrons. The van der Waals surface area contributed by atoms with E-state index in [0.717, 1.165) is 44.3 Å². The van der Waals surface area contributed by atoms with E-state index in [1.54, 1.807) is 6.07 Å². The molecule has 3 amide bonds. The van der Waals surface area contributed by atoms with E-state index in [1.165, 1.54) is 11.1 Å². The average Bonchev–Trinajstić information content (AvgIpc) is 3.15. The summed E-state index contributed by atoms with van der Waals surface area (Å²) in [7, 11) is 0. The van der Waals surface area contributed by atoms with Gasteiger partial charge in [0.05, 0.1) is 5.60 Å². The van der Waals surface area contributed by atoms with Crippen LogP contribution < -0.4 is 10.6 Å². The zero-order chi connectivity index (χ0) is 25.8. The summed E-state index contributed by atoms with van der Waals surface area (Å²) < 4.78 is 0. The van der Waals surface area contributed by atoms with Crippen molar-refractivity contribution in [3.05, 3.63) is 65.2 Å². The van der Waals surface area contributed by atoms with Crippen LogP contribution in [0.1, 0.15) is 62.1 Å².